The van der Waals surface area contributed by atoms with E-state index in [0.717, 1.165) is 24.6 Å². The SMILES string of the molecule is CCC(C)CNC(=O)Nc1cc(F)ccc1C(=O)O. The van der Waals surface area contributed by atoms with Gasteiger partial charge < -0.3 is 15.7 Å². The highest BCUT2D eigenvalue weighted by Crippen LogP contribution is 2.17. The predicted octanol–water partition coefficient (Wildman–Crippen LogP) is 2.69. The number of carboxylic acids is 1. The Morgan fingerprint density at radius 3 is 2.68 bits per heavy atom. The average Bonchev–Trinajstić information content (AvgIpc) is 2.35. The monoisotopic (exact) mass is 268 g/mol. The van der Waals surface area contributed by atoms with Crippen molar-refractivity contribution in [1.82, 2.24) is 5.32 Å². The van der Waals surface area contributed by atoms with Gasteiger partial charge in [0.2, 0.25) is 0 Å². The Labute approximate surface area is 110 Å². The molecule has 1 atom stereocenters. The zero-order valence-electron chi connectivity index (χ0n) is 10.9. The molecule has 0 radical (unpaired) electrons. The molecule has 1 aromatic carbocycles. The number of carbonyl (C=O) groups excluding carboxylic acids is 1. The van der Waals surface area contributed by atoms with Gasteiger partial charge in [-0.1, -0.05) is 20.3 Å². The molecule has 6 heteroatoms. The number of carboxylic acid groups (broad SMARTS) is 1. The van der Waals surface area contributed by atoms with Crippen LogP contribution in [0.3, 0.4) is 0 Å². The molecule has 0 aliphatic heterocycles. The summed E-state index contributed by atoms with van der Waals surface area (Å²) in [6.45, 7) is 4.45. The topological polar surface area (TPSA) is 78.4 Å². The molecule has 104 valence electrons. The minimum atomic E-state index is -1.22. The lowest BCUT2D eigenvalue weighted by atomic mass is 10.1. The fourth-order valence-corrected chi connectivity index (χ4v) is 1.38. The van der Waals surface area contributed by atoms with Crippen LogP contribution in [0.15, 0.2) is 18.2 Å². The van der Waals surface area contributed by atoms with E-state index in [9.17, 15) is 14.0 Å². The largest absolute Gasteiger partial charge is 0.478 e. The summed E-state index contributed by atoms with van der Waals surface area (Å²) >= 11 is 0. The number of amides is 2. The first-order chi connectivity index (χ1) is 8.93. The van der Waals surface area contributed by atoms with Gasteiger partial charge in [0.1, 0.15) is 5.82 Å². The minimum Gasteiger partial charge on any atom is -0.478 e. The van der Waals surface area contributed by atoms with Crippen molar-refractivity contribution in [3.05, 3.63) is 29.6 Å². The molecule has 0 saturated carbocycles. The Morgan fingerprint density at radius 2 is 2.11 bits per heavy atom. The highest BCUT2D eigenvalue weighted by molar-refractivity contribution is 5.99. The molecule has 5 nitrogen and oxygen atoms in total. The summed E-state index contributed by atoms with van der Waals surface area (Å²) in [6, 6.07) is 2.58. The smallest absolute Gasteiger partial charge is 0.337 e. The van der Waals surface area contributed by atoms with Gasteiger partial charge in [0.05, 0.1) is 11.3 Å². The summed E-state index contributed by atoms with van der Waals surface area (Å²) in [5.41, 5.74) is -0.214. The number of halogens is 1. The van der Waals surface area contributed by atoms with Gasteiger partial charge in [-0.25, -0.2) is 14.0 Å². The van der Waals surface area contributed by atoms with E-state index in [1.165, 1.54) is 0 Å². The number of nitrogens with one attached hydrogen (secondary N) is 2. The van der Waals surface area contributed by atoms with Gasteiger partial charge in [0, 0.05) is 6.54 Å². The van der Waals surface area contributed by atoms with Crippen LogP contribution in [0.4, 0.5) is 14.9 Å². The van der Waals surface area contributed by atoms with Crippen molar-refractivity contribution in [3.63, 3.8) is 0 Å². The van der Waals surface area contributed by atoms with E-state index in [-0.39, 0.29) is 11.3 Å². The lowest BCUT2D eigenvalue weighted by molar-refractivity contribution is 0.0698. The average molecular weight is 268 g/mol. The van der Waals surface area contributed by atoms with Gasteiger partial charge >= 0.3 is 12.0 Å². The normalized spacial score (nSPS) is 11.7. The van der Waals surface area contributed by atoms with Crippen LogP contribution in [0, 0.1) is 11.7 Å². The van der Waals surface area contributed by atoms with Gasteiger partial charge in [-0.3, -0.25) is 0 Å². The molecule has 0 aliphatic rings. The molecular formula is C13H17FN2O3. The number of benzene rings is 1. The number of urea groups is 1. The molecule has 2 amide bonds. The third-order valence-electron chi connectivity index (χ3n) is 2.77. The van der Waals surface area contributed by atoms with E-state index < -0.39 is 17.8 Å². The zero-order valence-corrected chi connectivity index (χ0v) is 10.9. The Balaban J connectivity index is 2.73. The summed E-state index contributed by atoms with van der Waals surface area (Å²) in [6.07, 6.45) is 0.917. The Bertz CT molecular complexity index is 477. The standard InChI is InChI=1S/C13H17FN2O3/c1-3-8(2)7-15-13(19)16-11-6-9(14)4-5-10(11)12(17)18/h4-6,8H,3,7H2,1-2H3,(H,17,18)(H2,15,16,19). The molecular weight excluding hydrogens is 251 g/mol. The van der Waals surface area contributed by atoms with E-state index in [1.807, 2.05) is 13.8 Å². The quantitative estimate of drug-likeness (QED) is 0.768. The maximum absolute atomic E-state index is 13.1. The second-order valence-electron chi connectivity index (χ2n) is 4.34. The van der Waals surface area contributed by atoms with Crippen molar-refractivity contribution >= 4 is 17.7 Å². The van der Waals surface area contributed by atoms with E-state index in [2.05, 4.69) is 10.6 Å². The van der Waals surface area contributed by atoms with Crippen LogP contribution in [0.25, 0.3) is 0 Å². The minimum absolute atomic E-state index is 0.0610. The molecule has 0 heterocycles. The number of hydrogen-bond acceptors (Lipinski definition) is 2. The lowest BCUT2D eigenvalue weighted by Gasteiger charge is -2.12. The van der Waals surface area contributed by atoms with E-state index >= 15 is 0 Å². The first kappa shape index (κ1) is 14.9. The summed E-state index contributed by atoms with van der Waals surface area (Å²) in [5.74, 6) is -1.52. The Kier molecular flexibility index (Phi) is 5.29. The maximum atomic E-state index is 13.1. The fraction of sp³-hybridized carbons (Fsp3) is 0.385. The molecule has 19 heavy (non-hydrogen) atoms. The Hall–Kier alpha value is -2.11. The van der Waals surface area contributed by atoms with E-state index in [0.29, 0.717) is 12.5 Å². The highest BCUT2D eigenvalue weighted by Gasteiger charge is 2.13. The van der Waals surface area contributed by atoms with Crippen LogP contribution < -0.4 is 10.6 Å². The van der Waals surface area contributed by atoms with Crippen LogP contribution in [0.2, 0.25) is 0 Å². The van der Waals surface area contributed by atoms with Crippen LogP contribution in [0.1, 0.15) is 30.6 Å². The number of carbonyl (C=O) groups is 2. The van der Waals surface area contributed by atoms with Gasteiger partial charge in [-0.2, -0.15) is 0 Å². The van der Waals surface area contributed by atoms with Crippen LogP contribution in [-0.4, -0.2) is 23.7 Å². The molecule has 1 aromatic rings. The number of hydrogen-bond donors (Lipinski definition) is 3. The Morgan fingerprint density at radius 1 is 1.42 bits per heavy atom. The van der Waals surface area contributed by atoms with Crippen molar-refractivity contribution in [1.29, 1.82) is 0 Å². The van der Waals surface area contributed by atoms with Gasteiger partial charge in [0.15, 0.2) is 0 Å². The predicted molar refractivity (Wildman–Crippen MR) is 69.8 cm³/mol. The molecule has 0 aliphatic carbocycles. The van der Waals surface area contributed by atoms with Gasteiger partial charge in [-0.05, 0) is 24.1 Å². The second kappa shape index (κ2) is 6.72. The third kappa shape index (κ3) is 4.57. The molecule has 0 bridgehead atoms. The molecule has 0 spiro atoms. The highest BCUT2D eigenvalue weighted by atomic mass is 19.1. The van der Waals surface area contributed by atoms with Crippen LogP contribution in [0.5, 0.6) is 0 Å². The molecule has 3 N–H and O–H groups in total. The summed E-state index contributed by atoms with van der Waals surface area (Å²) in [7, 11) is 0. The van der Waals surface area contributed by atoms with E-state index in [1.54, 1.807) is 0 Å². The summed E-state index contributed by atoms with van der Waals surface area (Å²) < 4.78 is 13.1. The molecule has 0 fully saturated rings. The van der Waals surface area contributed by atoms with Crippen LogP contribution >= 0.6 is 0 Å². The van der Waals surface area contributed by atoms with Crippen molar-refractivity contribution in [2.45, 2.75) is 20.3 Å². The summed E-state index contributed by atoms with van der Waals surface area (Å²) in [5, 5.41) is 13.9. The second-order valence-corrected chi connectivity index (χ2v) is 4.34. The van der Waals surface area contributed by atoms with Gasteiger partial charge in [0.25, 0.3) is 0 Å². The maximum Gasteiger partial charge on any atom is 0.337 e. The molecule has 0 aromatic heterocycles. The number of anilines is 1. The zero-order chi connectivity index (χ0) is 14.4. The van der Waals surface area contributed by atoms with Crippen molar-refractivity contribution in [3.8, 4) is 0 Å². The first-order valence-electron chi connectivity index (χ1n) is 6.01. The van der Waals surface area contributed by atoms with E-state index in [4.69, 9.17) is 5.11 Å². The third-order valence-corrected chi connectivity index (χ3v) is 2.77. The lowest BCUT2D eigenvalue weighted by Crippen LogP contribution is -2.32. The summed E-state index contributed by atoms with van der Waals surface area (Å²) in [4.78, 5) is 22.5. The number of aromatic carboxylic acids is 1. The van der Waals surface area contributed by atoms with Crippen molar-refractivity contribution < 1.29 is 19.1 Å². The van der Waals surface area contributed by atoms with Gasteiger partial charge in [-0.15, -0.1) is 0 Å². The van der Waals surface area contributed by atoms with Crippen molar-refractivity contribution in [2.75, 3.05) is 11.9 Å². The molecule has 1 unspecified atom stereocenters. The molecule has 0 saturated heterocycles. The fourth-order valence-electron chi connectivity index (χ4n) is 1.38. The first-order valence-corrected chi connectivity index (χ1v) is 6.01. The molecule has 1 rings (SSSR count). The van der Waals surface area contributed by atoms with Crippen LogP contribution in [-0.2, 0) is 0 Å². The number of rotatable bonds is 5. The van der Waals surface area contributed by atoms with Crippen molar-refractivity contribution in [2.24, 2.45) is 5.92 Å².